The van der Waals surface area contributed by atoms with Gasteiger partial charge in [0.05, 0.1) is 22.2 Å². The molecule has 0 heterocycles. The summed E-state index contributed by atoms with van der Waals surface area (Å²) in [6.07, 6.45) is 0. The second-order valence-corrected chi connectivity index (χ2v) is 4.79. The number of rotatable bonds is 2. The van der Waals surface area contributed by atoms with Crippen molar-refractivity contribution in [2.75, 3.05) is 7.11 Å². The predicted octanol–water partition coefficient (Wildman–Crippen LogP) is 5.46. The standard InChI is InChI=1S/C13H8Cl3FO/c1-18-12-4-2-3-7(13(12)17)8-5-10(15)11(16)6-9(8)14/h2-6H,1H3. The molecule has 18 heavy (non-hydrogen) atoms. The van der Waals surface area contributed by atoms with Gasteiger partial charge in [0.25, 0.3) is 0 Å². The maximum atomic E-state index is 14.1. The number of hydrogen-bond acceptors (Lipinski definition) is 1. The van der Waals surface area contributed by atoms with E-state index in [4.69, 9.17) is 39.5 Å². The summed E-state index contributed by atoms with van der Waals surface area (Å²) < 4.78 is 19.0. The highest BCUT2D eigenvalue weighted by Crippen LogP contribution is 2.38. The molecule has 0 spiro atoms. The van der Waals surface area contributed by atoms with Crippen LogP contribution in [0.4, 0.5) is 4.39 Å². The molecule has 2 rings (SSSR count). The number of ether oxygens (including phenoxy) is 1. The average molecular weight is 306 g/mol. The highest BCUT2D eigenvalue weighted by molar-refractivity contribution is 6.44. The van der Waals surface area contributed by atoms with E-state index in [1.807, 2.05) is 0 Å². The molecule has 0 aliphatic carbocycles. The Balaban J connectivity index is 2.66. The minimum Gasteiger partial charge on any atom is -0.494 e. The van der Waals surface area contributed by atoms with E-state index in [2.05, 4.69) is 0 Å². The van der Waals surface area contributed by atoms with Gasteiger partial charge in [0.2, 0.25) is 0 Å². The van der Waals surface area contributed by atoms with Crippen LogP contribution in [0.15, 0.2) is 30.3 Å². The molecule has 2 aromatic rings. The van der Waals surface area contributed by atoms with Gasteiger partial charge in [-0.15, -0.1) is 0 Å². The lowest BCUT2D eigenvalue weighted by Crippen LogP contribution is -1.92. The van der Waals surface area contributed by atoms with E-state index < -0.39 is 5.82 Å². The van der Waals surface area contributed by atoms with Gasteiger partial charge in [0, 0.05) is 11.1 Å². The number of methoxy groups -OCH3 is 1. The summed E-state index contributed by atoms with van der Waals surface area (Å²) in [6.45, 7) is 0. The van der Waals surface area contributed by atoms with Gasteiger partial charge in [-0.25, -0.2) is 4.39 Å². The molecule has 0 bridgehead atoms. The molecule has 0 saturated heterocycles. The van der Waals surface area contributed by atoms with Crippen LogP contribution < -0.4 is 4.74 Å². The van der Waals surface area contributed by atoms with Crippen LogP contribution in [-0.4, -0.2) is 7.11 Å². The lowest BCUT2D eigenvalue weighted by molar-refractivity contribution is 0.387. The van der Waals surface area contributed by atoms with Crippen LogP contribution in [0.5, 0.6) is 5.75 Å². The lowest BCUT2D eigenvalue weighted by Gasteiger charge is -2.10. The van der Waals surface area contributed by atoms with Crippen LogP contribution in [0.2, 0.25) is 15.1 Å². The van der Waals surface area contributed by atoms with E-state index in [9.17, 15) is 4.39 Å². The zero-order valence-corrected chi connectivity index (χ0v) is 11.6. The van der Waals surface area contributed by atoms with Crippen molar-refractivity contribution in [3.05, 3.63) is 51.2 Å². The quantitative estimate of drug-likeness (QED) is 0.669. The first kappa shape index (κ1) is 13.5. The molecule has 0 unspecified atom stereocenters. The average Bonchev–Trinajstić information content (AvgIpc) is 2.34. The number of benzene rings is 2. The maximum Gasteiger partial charge on any atom is 0.172 e. The number of halogens is 4. The summed E-state index contributed by atoms with van der Waals surface area (Å²) in [4.78, 5) is 0. The molecule has 2 aromatic carbocycles. The summed E-state index contributed by atoms with van der Waals surface area (Å²) in [5, 5.41) is 0.976. The Morgan fingerprint density at radius 1 is 0.944 bits per heavy atom. The molecule has 0 atom stereocenters. The first-order valence-electron chi connectivity index (χ1n) is 5.02. The Hall–Kier alpha value is -0.960. The zero-order chi connectivity index (χ0) is 13.3. The molecule has 0 amide bonds. The topological polar surface area (TPSA) is 9.23 Å². The van der Waals surface area contributed by atoms with E-state index in [-0.39, 0.29) is 5.75 Å². The molecular formula is C13H8Cl3FO. The first-order chi connectivity index (χ1) is 8.54. The Morgan fingerprint density at radius 2 is 1.61 bits per heavy atom. The monoisotopic (exact) mass is 304 g/mol. The molecule has 0 fully saturated rings. The van der Waals surface area contributed by atoms with E-state index in [0.717, 1.165) is 0 Å². The first-order valence-corrected chi connectivity index (χ1v) is 6.15. The van der Waals surface area contributed by atoms with Crippen LogP contribution in [0.3, 0.4) is 0 Å². The third kappa shape index (κ3) is 2.41. The molecule has 5 heteroatoms. The highest BCUT2D eigenvalue weighted by atomic mass is 35.5. The fourth-order valence-corrected chi connectivity index (χ4v) is 2.25. The molecule has 0 aliphatic heterocycles. The van der Waals surface area contributed by atoms with Gasteiger partial charge >= 0.3 is 0 Å². The van der Waals surface area contributed by atoms with Crippen molar-refractivity contribution in [3.8, 4) is 16.9 Å². The predicted molar refractivity (Wildman–Crippen MR) is 73.4 cm³/mol. The molecule has 1 nitrogen and oxygen atoms in total. The van der Waals surface area contributed by atoms with Crippen LogP contribution >= 0.6 is 34.8 Å². The van der Waals surface area contributed by atoms with Crippen LogP contribution in [0, 0.1) is 5.82 Å². The van der Waals surface area contributed by atoms with Crippen molar-refractivity contribution in [3.63, 3.8) is 0 Å². The fraction of sp³-hybridized carbons (Fsp3) is 0.0769. The maximum absolute atomic E-state index is 14.1. The Labute approximate surface area is 119 Å². The minimum atomic E-state index is -0.486. The Kier molecular flexibility index (Phi) is 4.00. The molecular weight excluding hydrogens is 297 g/mol. The molecule has 0 aromatic heterocycles. The van der Waals surface area contributed by atoms with Gasteiger partial charge in [-0.05, 0) is 18.2 Å². The van der Waals surface area contributed by atoms with Gasteiger partial charge < -0.3 is 4.74 Å². The van der Waals surface area contributed by atoms with Crippen LogP contribution in [-0.2, 0) is 0 Å². The van der Waals surface area contributed by atoms with E-state index in [1.54, 1.807) is 12.1 Å². The summed E-state index contributed by atoms with van der Waals surface area (Å²) in [7, 11) is 1.40. The molecule has 94 valence electrons. The second-order valence-electron chi connectivity index (χ2n) is 3.57. The van der Waals surface area contributed by atoms with Crippen molar-refractivity contribution >= 4 is 34.8 Å². The zero-order valence-electron chi connectivity index (χ0n) is 9.31. The summed E-state index contributed by atoms with van der Waals surface area (Å²) in [6, 6.07) is 7.83. The fourth-order valence-electron chi connectivity index (χ4n) is 1.61. The van der Waals surface area contributed by atoms with Crippen LogP contribution in [0.1, 0.15) is 0 Å². The van der Waals surface area contributed by atoms with Gasteiger partial charge in [-0.1, -0.05) is 46.9 Å². The third-order valence-electron chi connectivity index (χ3n) is 2.48. The van der Waals surface area contributed by atoms with Crippen molar-refractivity contribution in [2.24, 2.45) is 0 Å². The molecule has 0 radical (unpaired) electrons. The van der Waals surface area contributed by atoms with E-state index in [0.29, 0.717) is 26.2 Å². The SMILES string of the molecule is COc1cccc(-c2cc(Cl)c(Cl)cc2Cl)c1F. The van der Waals surface area contributed by atoms with E-state index >= 15 is 0 Å². The Morgan fingerprint density at radius 3 is 2.28 bits per heavy atom. The molecule has 0 N–H and O–H groups in total. The summed E-state index contributed by atoms with van der Waals surface area (Å²) in [5.41, 5.74) is 0.792. The minimum absolute atomic E-state index is 0.148. The van der Waals surface area contributed by atoms with Gasteiger partial charge in [-0.3, -0.25) is 0 Å². The van der Waals surface area contributed by atoms with Crippen molar-refractivity contribution < 1.29 is 9.13 Å². The largest absolute Gasteiger partial charge is 0.494 e. The van der Waals surface area contributed by atoms with Crippen LogP contribution in [0.25, 0.3) is 11.1 Å². The normalized spacial score (nSPS) is 10.5. The molecule has 0 saturated carbocycles. The van der Waals surface area contributed by atoms with Crippen molar-refractivity contribution in [1.82, 2.24) is 0 Å². The third-order valence-corrected chi connectivity index (χ3v) is 3.52. The van der Waals surface area contributed by atoms with Gasteiger partial charge in [0.15, 0.2) is 11.6 Å². The lowest BCUT2D eigenvalue weighted by atomic mass is 10.0. The Bertz CT molecular complexity index is 599. The highest BCUT2D eigenvalue weighted by Gasteiger charge is 2.14. The van der Waals surface area contributed by atoms with Crippen molar-refractivity contribution in [2.45, 2.75) is 0 Å². The van der Waals surface area contributed by atoms with Gasteiger partial charge in [0.1, 0.15) is 0 Å². The van der Waals surface area contributed by atoms with E-state index in [1.165, 1.54) is 25.3 Å². The second kappa shape index (κ2) is 5.35. The summed E-state index contributed by atoms with van der Waals surface area (Å²) in [5.74, 6) is -0.338. The molecule has 0 aliphatic rings. The summed E-state index contributed by atoms with van der Waals surface area (Å²) >= 11 is 17.8. The van der Waals surface area contributed by atoms with Crippen molar-refractivity contribution in [1.29, 1.82) is 0 Å². The van der Waals surface area contributed by atoms with Gasteiger partial charge in [-0.2, -0.15) is 0 Å². The number of hydrogen-bond donors (Lipinski definition) is 0. The smallest absolute Gasteiger partial charge is 0.172 e.